The van der Waals surface area contributed by atoms with Gasteiger partial charge < -0.3 is 14.7 Å². The molecular weight excluding hydrogens is 226 g/mol. The van der Waals surface area contributed by atoms with Gasteiger partial charge in [-0.2, -0.15) is 0 Å². The number of likely N-dealkylation sites (N-methyl/N-ethyl adjacent to an activating group) is 1. The van der Waals surface area contributed by atoms with Crippen molar-refractivity contribution in [2.45, 2.75) is 25.2 Å². The topological polar surface area (TPSA) is 32.7 Å². The molecule has 1 aliphatic heterocycles. The lowest BCUT2D eigenvalue weighted by Crippen LogP contribution is -2.46. The molecule has 18 heavy (non-hydrogen) atoms. The maximum atomic E-state index is 9.87. The molecule has 1 heterocycles. The summed E-state index contributed by atoms with van der Waals surface area (Å²) in [5, 5.41) is 9.87. The molecule has 0 aromatic heterocycles. The Hall–Kier alpha value is -1.06. The van der Waals surface area contributed by atoms with Crippen molar-refractivity contribution in [1.29, 1.82) is 0 Å². The van der Waals surface area contributed by atoms with Crippen LogP contribution in [-0.4, -0.2) is 43.4 Å². The van der Waals surface area contributed by atoms with Crippen LogP contribution in [-0.2, 0) is 5.41 Å². The minimum absolute atomic E-state index is 0.125. The molecule has 1 aromatic carbocycles. The van der Waals surface area contributed by atoms with Crippen LogP contribution >= 0.6 is 0 Å². The molecule has 3 nitrogen and oxygen atoms in total. The molecule has 0 radical (unpaired) electrons. The number of aliphatic hydroxyl groups is 1. The second-order valence-electron chi connectivity index (χ2n) is 5.24. The molecule has 1 aliphatic rings. The van der Waals surface area contributed by atoms with Crippen molar-refractivity contribution in [2.75, 3.05) is 33.4 Å². The van der Waals surface area contributed by atoms with E-state index in [0.717, 1.165) is 31.7 Å². The Morgan fingerprint density at radius 2 is 2.28 bits per heavy atom. The van der Waals surface area contributed by atoms with Gasteiger partial charge in [-0.05, 0) is 51.1 Å². The lowest BCUT2D eigenvalue weighted by Gasteiger charge is -2.40. The molecule has 1 aromatic rings. The normalized spacial score (nSPS) is 25.1. The number of piperidine rings is 1. The number of benzene rings is 1. The first-order chi connectivity index (χ1) is 8.70. The quantitative estimate of drug-likeness (QED) is 0.886. The molecule has 0 bridgehead atoms. The van der Waals surface area contributed by atoms with Crippen molar-refractivity contribution in [2.24, 2.45) is 0 Å². The van der Waals surface area contributed by atoms with Crippen LogP contribution in [0.3, 0.4) is 0 Å². The second-order valence-corrected chi connectivity index (χ2v) is 5.24. The van der Waals surface area contributed by atoms with Crippen LogP contribution in [0.5, 0.6) is 5.75 Å². The number of hydrogen-bond donors (Lipinski definition) is 1. The van der Waals surface area contributed by atoms with Crippen LogP contribution in [0.15, 0.2) is 24.3 Å². The number of likely N-dealkylation sites (tertiary alicyclic amines) is 1. The van der Waals surface area contributed by atoms with Gasteiger partial charge in [0.05, 0.1) is 13.2 Å². The summed E-state index contributed by atoms with van der Waals surface area (Å²) in [6.45, 7) is 4.90. The van der Waals surface area contributed by atoms with E-state index < -0.39 is 0 Å². The predicted molar refractivity (Wildman–Crippen MR) is 73.1 cm³/mol. The summed E-state index contributed by atoms with van der Waals surface area (Å²) in [7, 11) is 2.12. The highest BCUT2D eigenvalue weighted by Gasteiger charge is 2.35. The van der Waals surface area contributed by atoms with E-state index in [1.54, 1.807) is 0 Å². The van der Waals surface area contributed by atoms with Gasteiger partial charge in [-0.3, -0.25) is 0 Å². The smallest absolute Gasteiger partial charge is 0.119 e. The number of hydrogen-bond acceptors (Lipinski definition) is 3. The number of aliphatic hydroxyl groups excluding tert-OH is 1. The fourth-order valence-corrected chi connectivity index (χ4v) is 2.90. The highest BCUT2D eigenvalue weighted by atomic mass is 16.5. The van der Waals surface area contributed by atoms with Gasteiger partial charge in [0.2, 0.25) is 0 Å². The van der Waals surface area contributed by atoms with Crippen LogP contribution < -0.4 is 4.74 Å². The largest absolute Gasteiger partial charge is 0.494 e. The molecule has 2 rings (SSSR count). The van der Waals surface area contributed by atoms with Gasteiger partial charge in [-0.15, -0.1) is 0 Å². The van der Waals surface area contributed by atoms with Crippen LogP contribution in [0, 0.1) is 0 Å². The third kappa shape index (κ3) is 2.68. The number of rotatable bonds is 4. The van der Waals surface area contributed by atoms with Crippen molar-refractivity contribution < 1.29 is 9.84 Å². The Kier molecular flexibility index (Phi) is 4.25. The zero-order valence-electron chi connectivity index (χ0n) is 11.4. The lowest BCUT2D eigenvalue weighted by molar-refractivity contribution is 0.104. The summed E-state index contributed by atoms with van der Waals surface area (Å²) in [4.78, 5) is 2.30. The lowest BCUT2D eigenvalue weighted by atomic mass is 9.75. The van der Waals surface area contributed by atoms with E-state index in [9.17, 15) is 5.11 Å². The molecule has 1 fully saturated rings. The Balaban J connectivity index is 2.28. The van der Waals surface area contributed by atoms with E-state index >= 15 is 0 Å². The third-order valence-electron chi connectivity index (χ3n) is 3.83. The van der Waals surface area contributed by atoms with E-state index in [1.807, 2.05) is 19.1 Å². The van der Waals surface area contributed by atoms with Gasteiger partial charge in [-0.1, -0.05) is 12.1 Å². The van der Waals surface area contributed by atoms with E-state index in [-0.39, 0.29) is 12.0 Å². The molecular formula is C15H23NO2. The zero-order valence-corrected chi connectivity index (χ0v) is 11.4. The standard InChI is InChI=1S/C15H23NO2/c1-3-18-14-7-4-6-13(10-14)15(12-17)8-5-9-16(2)11-15/h4,6-7,10,17H,3,5,8-9,11-12H2,1-2H3. The number of ether oxygens (including phenoxy) is 1. The summed E-state index contributed by atoms with van der Waals surface area (Å²) in [5.41, 5.74) is 1.07. The van der Waals surface area contributed by atoms with Gasteiger partial charge in [0.15, 0.2) is 0 Å². The average molecular weight is 249 g/mol. The first kappa shape index (κ1) is 13.4. The van der Waals surface area contributed by atoms with Crippen molar-refractivity contribution in [1.82, 2.24) is 4.90 Å². The molecule has 0 aliphatic carbocycles. The van der Waals surface area contributed by atoms with Gasteiger partial charge in [0.25, 0.3) is 0 Å². The van der Waals surface area contributed by atoms with E-state index in [1.165, 1.54) is 5.56 Å². The Labute approximate surface area is 109 Å². The van der Waals surface area contributed by atoms with Crippen LogP contribution in [0.25, 0.3) is 0 Å². The Bertz CT molecular complexity index is 394. The molecule has 0 saturated carbocycles. The molecule has 1 saturated heterocycles. The molecule has 0 spiro atoms. The summed E-state index contributed by atoms with van der Waals surface area (Å²) in [5.74, 6) is 0.899. The fourth-order valence-electron chi connectivity index (χ4n) is 2.90. The molecule has 100 valence electrons. The molecule has 0 amide bonds. The Morgan fingerprint density at radius 1 is 1.44 bits per heavy atom. The summed E-state index contributed by atoms with van der Waals surface area (Å²) >= 11 is 0. The monoisotopic (exact) mass is 249 g/mol. The first-order valence-electron chi connectivity index (χ1n) is 6.73. The molecule has 1 unspecified atom stereocenters. The van der Waals surface area contributed by atoms with E-state index in [2.05, 4.69) is 24.1 Å². The van der Waals surface area contributed by atoms with Crippen LogP contribution in [0.4, 0.5) is 0 Å². The maximum Gasteiger partial charge on any atom is 0.119 e. The van der Waals surface area contributed by atoms with Crippen molar-refractivity contribution in [3.8, 4) is 5.75 Å². The van der Waals surface area contributed by atoms with Gasteiger partial charge in [0.1, 0.15) is 5.75 Å². The zero-order chi connectivity index (χ0) is 13.0. The van der Waals surface area contributed by atoms with Crippen LogP contribution in [0.1, 0.15) is 25.3 Å². The van der Waals surface area contributed by atoms with E-state index in [0.29, 0.717) is 6.61 Å². The van der Waals surface area contributed by atoms with Gasteiger partial charge in [0, 0.05) is 12.0 Å². The molecule has 1 N–H and O–H groups in total. The maximum absolute atomic E-state index is 9.87. The predicted octanol–water partition coefficient (Wildman–Crippen LogP) is 2.04. The van der Waals surface area contributed by atoms with Gasteiger partial charge in [-0.25, -0.2) is 0 Å². The highest BCUT2D eigenvalue weighted by Crippen LogP contribution is 2.34. The minimum Gasteiger partial charge on any atom is -0.494 e. The SMILES string of the molecule is CCOc1cccc(C2(CO)CCCN(C)C2)c1. The van der Waals surface area contributed by atoms with Crippen molar-refractivity contribution in [3.63, 3.8) is 0 Å². The van der Waals surface area contributed by atoms with Crippen molar-refractivity contribution in [3.05, 3.63) is 29.8 Å². The van der Waals surface area contributed by atoms with Crippen LogP contribution in [0.2, 0.25) is 0 Å². The van der Waals surface area contributed by atoms with Crippen molar-refractivity contribution >= 4 is 0 Å². The first-order valence-corrected chi connectivity index (χ1v) is 6.73. The summed E-state index contributed by atoms with van der Waals surface area (Å²) < 4.78 is 5.56. The number of nitrogens with zero attached hydrogens (tertiary/aromatic N) is 1. The minimum atomic E-state index is -0.125. The van der Waals surface area contributed by atoms with Gasteiger partial charge >= 0.3 is 0 Å². The fraction of sp³-hybridized carbons (Fsp3) is 0.600. The summed E-state index contributed by atoms with van der Waals surface area (Å²) in [6, 6.07) is 8.19. The summed E-state index contributed by atoms with van der Waals surface area (Å²) in [6.07, 6.45) is 2.18. The molecule has 1 atom stereocenters. The molecule has 3 heteroatoms. The average Bonchev–Trinajstić information content (AvgIpc) is 2.39. The third-order valence-corrected chi connectivity index (χ3v) is 3.83. The Morgan fingerprint density at radius 3 is 2.94 bits per heavy atom. The van der Waals surface area contributed by atoms with E-state index in [4.69, 9.17) is 4.74 Å². The second kappa shape index (κ2) is 5.72. The highest BCUT2D eigenvalue weighted by molar-refractivity contribution is 5.35.